The lowest BCUT2D eigenvalue weighted by atomic mass is 10.1. The summed E-state index contributed by atoms with van der Waals surface area (Å²) < 4.78 is 16.5. The topological polar surface area (TPSA) is 116 Å². The third-order valence-corrected chi connectivity index (χ3v) is 6.08. The molecule has 34 heavy (non-hydrogen) atoms. The Morgan fingerprint density at radius 3 is 2.91 bits per heavy atom. The molecule has 0 radical (unpaired) electrons. The van der Waals surface area contributed by atoms with E-state index in [1.165, 1.54) is 11.3 Å². The van der Waals surface area contributed by atoms with E-state index in [9.17, 15) is 9.59 Å². The molecule has 0 spiro atoms. The molecule has 0 fully saturated rings. The molecule has 0 bridgehead atoms. The van der Waals surface area contributed by atoms with Crippen LogP contribution in [0.25, 0.3) is 11.3 Å². The molecule has 2 aromatic carbocycles. The second-order valence-corrected chi connectivity index (χ2v) is 8.49. The van der Waals surface area contributed by atoms with Crippen LogP contribution in [0.1, 0.15) is 27.4 Å². The van der Waals surface area contributed by atoms with Crippen molar-refractivity contribution in [2.45, 2.75) is 20.5 Å². The van der Waals surface area contributed by atoms with Crippen molar-refractivity contribution in [3.8, 4) is 22.8 Å². The molecule has 2 aromatic heterocycles. The smallest absolute Gasteiger partial charge is 0.262 e. The zero-order valence-corrected chi connectivity index (χ0v) is 19.2. The fourth-order valence-corrected chi connectivity index (χ4v) is 4.22. The summed E-state index contributed by atoms with van der Waals surface area (Å²) in [4.78, 5) is 29.1. The lowest BCUT2D eigenvalue weighted by Gasteiger charge is -2.18. The molecule has 0 unspecified atom stereocenters. The standard InChI is InChI=1S/C24H20N4O5S/c1-13-17(14(2)33-28-13)10-31-20-6-4-3-5-16(20)23(30)27-24-26-19(12-34-24)15-7-8-21-18(9-15)25-22(29)11-32-21/h3-9,12H,10-11H2,1-2H3,(H,25,29)(H,26,27,30). The second kappa shape index (κ2) is 8.99. The average Bonchev–Trinajstić information content (AvgIpc) is 3.43. The van der Waals surface area contributed by atoms with Gasteiger partial charge < -0.3 is 19.3 Å². The van der Waals surface area contributed by atoms with E-state index in [1.54, 1.807) is 36.4 Å². The van der Waals surface area contributed by atoms with Crippen molar-refractivity contribution in [1.29, 1.82) is 0 Å². The van der Waals surface area contributed by atoms with Crippen LogP contribution in [0.2, 0.25) is 0 Å². The SMILES string of the molecule is Cc1noc(C)c1COc1ccccc1C(=O)Nc1nc(-c2ccc3c(c2)NC(=O)CO3)cs1. The highest BCUT2D eigenvalue weighted by Gasteiger charge is 2.19. The van der Waals surface area contributed by atoms with E-state index in [0.717, 1.165) is 16.8 Å². The number of aromatic nitrogens is 2. The first-order chi connectivity index (χ1) is 16.5. The predicted molar refractivity (Wildman–Crippen MR) is 126 cm³/mol. The van der Waals surface area contributed by atoms with E-state index >= 15 is 0 Å². The highest BCUT2D eigenvalue weighted by atomic mass is 32.1. The number of aryl methyl sites for hydroxylation is 2. The molecule has 1 aliphatic rings. The fraction of sp³-hybridized carbons (Fsp3) is 0.167. The van der Waals surface area contributed by atoms with E-state index in [4.69, 9.17) is 14.0 Å². The summed E-state index contributed by atoms with van der Waals surface area (Å²) in [5.41, 5.74) is 4.06. The predicted octanol–water partition coefficient (Wildman–Crippen LogP) is 4.58. The Morgan fingerprint density at radius 1 is 1.24 bits per heavy atom. The Morgan fingerprint density at radius 2 is 2.09 bits per heavy atom. The van der Waals surface area contributed by atoms with E-state index in [0.29, 0.717) is 39.3 Å². The number of benzene rings is 2. The first-order valence-electron chi connectivity index (χ1n) is 10.5. The highest BCUT2D eigenvalue weighted by Crippen LogP contribution is 2.34. The number of rotatable bonds is 6. The van der Waals surface area contributed by atoms with Crippen LogP contribution in [-0.4, -0.2) is 28.6 Å². The van der Waals surface area contributed by atoms with E-state index in [1.807, 2.05) is 25.3 Å². The number of fused-ring (bicyclic) bond motifs is 1. The molecule has 172 valence electrons. The van der Waals surface area contributed by atoms with Crippen molar-refractivity contribution >= 4 is 34.0 Å². The van der Waals surface area contributed by atoms with Gasteiger partial charge in [0.05, 0.1) is 28.2 Å². The molecule has 0 atom stereocenters. The average molecular weight is 477 g/mol. The first-order valence-corrected chi connectivity index (χ1v) is 11.3. The Labute approximate surface area is 198 Å². The van der Waals surface area contributed by atoms with Crippen molar-refractivity contribution in [2.24, 2.45) is 0 Å². The highest BCUT2D eigenvalue weighted by molar-refractivity contribution is 7.14. The van der Waals surface area contributed by atoms with Crippen LogP contribution in [0.3, 0.4) is 0 Å². The van der Waals surface area contributed by atoms with Gasteiger partial charge in [-0.3, -0.25) is 14.9 Å². The Balaban J connectivity index is 1.31. The first kappa shape index (κ1) is 21.7. The van der Waals surface area contributed by atoms with Crippen molar-refractivity contribution in [2.75, 3.05) is 17.2 Å². The number of para-hydroxylation sites is 1. The van der Waals surface area contributed by atoms with Crippen molar-refractivity contribution in [3.63, 3.8) is 0 Å². The fourth-order valence-electron chi connectivity index (χ4n) is 3.51. The number of nitrogens with one attached hydrogen (secondary N) is 2. The number of carbonyl (C=O) groups is 2. The summed E-state index contributed by atoms with van der Waals surface area (Å²) in [6.45, 7) is 3.91. The van der Waals surface area contributed by atoms with E-state index in [-0.39, 0.29) is 25.0 Å². The van der Waals surface area contributed by atoms with Gasteiger partial charge in [0.25, 0.3) is 11.8 Å². The maximum absolute atomic E-state index is 13.0. The van der Waals surface area contributed by atoms with Gasteiger partial charge in [-0.1, -0.05) is 17.3 Å². The van der Waals surface area contributed by atoms with Crippen molar-refractivity contribution in [3.05, 3.63) is 70.4 Å². The zero-order chi connectivity index (χ0) is 23.7. The minimum absolute atomic E-state index is 0.00258. The zero-order valence-electron chi connectivity index (χ0n) is 18.4. The number of hydrogen-bond donors (Lipinski definition) is 2. The number of amides is 2. The summed E-state index contributed by atoms with van der Waals surface area (Å²) in [6, 6.07) is 12.4. The monoisotopic (exact) mass is 476 g/mol. The van der Waals surface area contributed by atoms with Gasteiger partial charge >= 0.3 is 0 Å². The maximum Gasteiger partial charge on any atom is 0.262 e. The van der Waals surface area contributed by atoms with Crippen LogP contribution in [0.5, 0.6) is 11.5 Å². The van der Waals surface area contributed by atoms with Crippen LogP contribution in [-0.2, 0) is 11.4 Å². The van der Waals surface area contributed by atoms with Crippen molar-refractivity contribution < 1.29 is 23.6 Å². The molecule has 0 aliphatic carbocycles. The van der Waals surface area contributed by atoms with Gasteiger partial charge in [-0.25, -0.2) is 4.98 Å². The molecule has 2 N–H and O–H groups in total. The van der Waals surface area contributed by atoms with Crippen LogP contribution < -0.4 is 20.1 Å². The summed E-state index contributed by atoms with van der Waals surface area (Å²) in [7, 11) is 0. The molecule has 4 aromatic rings. The largest absolute Gasteiger partial charge is 0.488 e. The van der Waals surface area contributed by atoms with Crippen molar-refractivity contribution in [1.82, 2.24) is 10.1 Å². The van der Waals surface area contributed by atoms with Gasteiger partial charge in [0.1, 0.15) is 23.9 Å². The lowest BCUT2D eigenvalue weighted by molar-refractivity contribution is -0.118. The number of nitrogens with zero attached hydrogens (tertiary/aromatic N) is 2. The minimum Gasteiger partial charge on any atom is -0.488 e. The molecule has 10 heteroatoms. The maximum atomic E-state index is 13.0. The van der Waals surface area contributed by atoms with Crippen LogP contribution in [0, 0.1) is 13.8 Å². The molecular weight excluding hydrogens is 456 g/mol. The van der Waals surface area contributed by atoms with Gasteiger partial charge in [0.2, 0.25) is 0 Å². The van der Waals surface area contributed by atoms with Gasteiger partial charge in [0, 0.05) is 10.9 Å². The molecule has 0 saturated heterocycles. The van der Waals surface area contributed by atoms with Crippen LogP contribution >= 0.6 is 11.3 Å². The molecule has 9 nitrogen and oxygen atoms in total. The lowest BCUT2D eigenvalue weighted by Crippen LogP contribution is -2.25. The number of carbonyl (C=O) groups excluding carboxylic acids is 2. The molecule has 3 heterocycles. The molecule has 5 rings (SSSR count). The van der Waals surface area contributed by atoms with E-state index in [2.05, 4.69) is 20.8 Å². The third-order valence-electron chi connectivity index (χ3n) is 5.32. The Hall–Kier alpha value is -4.18. The van der Waals surface area contributed by atoms with Gasteiger partial charge in [0.15, 0.2) is 11.7 Å². The summed E-state index contributed by atoms with van der Waals surface area (Å²) >= 11 is 1.30. The number of anilines is 2. The second-order valence-electron chi connectivity index (χ2n) is 7.63. The Kier molecular flexibility index (Phi) is 5.72. The third kappa shape index (κ3) is 4.35. The minimum atomic E-state index is -0.332. The molecule has 1 aliphatic heterocycles. The molecular formula is C24H20N4O5S. The number of ether oxygens (including phenoxy) is 2. The molecule has 0 saturated carbocycles. The number of thiazole rings is 1. The van der Waals surface area contributed by atoms with Crippen LogP contribution in [0.4, 0.5) is 10.8 Å². The quantitative estimate of drug-likeness (QED) is 0.419. The van der Waals surface area contributed by atoms with Gasteiger partial charge in [-0.2, -0.15) is 0 Å². The summed E-state index contributed by atoms with van der Waals surface area (Å²) in [5.74, 6) is 1.21. The Bertz CT molecular complexity index is 1370. The van der Waals surface area contributed by atoms with Gasteiger partial charge in [-0.05, 0) is 44.2 Å². The summed E-state index contributed by atoms with van der Waals surface area (Å²) in [5, 5.41) is 11.8. The normalized spacial score (nSPS) is 12.5. The van der Waals surface area contributed by atoms with Gasteiger partial charge in [-0.15, -0.1) is 11.3 Å². The molecule has 2 amide bonds. The van der Waals surface area contributed by atoms with E-state index < -0.39 is 0 Å². The summed E-state index contributed by atoms with van der Waals surface area (Å²) in [6.07, 6.45) is 0. The number of hydrogen-bond acceptors (Lipinski definition) is 8. The van der Waals surface area contributed by atoms with Crippen LogP contribution in [0.15, 0.2) is 52.4 Å².